The molecule has 0 unspecified atom stereocenters. The number of nitrogens with one attached hydrogen (secondary N) is 1. The number of aliphatic hydroxyl groups is 1. The zero-order chi connectivity index (χ0) is 15.3. The molecule has 4 nitrogen and oxygen atoms in total. The number of carbonyl (C=O) groups excluding carboxylic acids is 1. The quantitative estimate of drug-likeness (QED) is 0.883. The lowest BCUT2D eigenvalue weighted by Crippen LogP contribution is -2.63. The van der Waals surface area contributed by atoms with Gasteiger partial charge >= 0.3 is 0 Å². The number of hydrogen-bond donors (Lipinski definition) is 2. The third kappa shape index (κ3) is 2.25. The van der Waals surface area contributed by atoms with Crippen molar-refractivity contribution in [1.29, 1.82) is 0 Å². The van der Waals surface area contributed by atoms with Crippen LogP contribution in [0, 0.1) is 17.3 Å². The first-order valence-corrected chi connectivity index (χ1v) is 8.38. The Morgan fingerprint density at radius 1 is 1.32 bits per heavy atom. The van der Waals surface area contributed by atoms with E-state index in [0.717, 1.165) is 49.6 Å². The highest BCUT2D eigenvalue weighted by atomic mass is 35.5. The Bertz CT molecular complexity index is 585. The number of amides is 1. The number of fused-ring (bicyclic) bond motifs is 1. The summed E-state index contributed by atoms with van der Waals surface area (Å²) < 4.78 is 0. The smallest absolute Gasteiger partial charge is 0.231 e. The lowest BCUT2D eigenvalue weighted by molar-refractivity contribution is -0.144. The molecule has 3 aliphatic rings. The predicted molar refractivity (Wildman–Crippen MR) is 84.6 cm³/mol. The van der Waals surface area contributed by atoms with Gasteiger partial charge in [0, 0.05) is 37.1 Å². The Hall–Kier alpha value is -1.10. The third-order valence-corrected chi connectivity index (χ3v) is 5.91. The van der Waals surface area contributed by atoms with Gasteiger partial charge in [0.2, 0.25) is 5.91 Å². The van der Waals surface area contributed by atoms with Crippen molar-refractivity contribution in [2.45, 2.75) is 18.9 Å². The number of halogens is 1. The monoisotopic (exact) mass is 320 g/mol. The van der Waals surface area contributed by atoms with Gasteiger partial charge in [0.25, 0.3) is 0 Å². The maximum atomic E-state index is 13.0. The molecular weight excluding hydrogens is 300 g/mol. The molecule has 5 heteroatoms. The topological polar surface area (TPSA) is 52.6 Å². The lowest BCUT2D eigenvalue weighted by atomic mass is 9.74. The molecule has 2 saturated heterocycles. The van der Waals surface area contributed by atoms with E-state index in [1.807, 2.05) is 29.2 Å². The lowest BCUT2D eigenvalue weighted by Gasteiger charge is -2.43. The van der Waals surface area contributed by atoms with Crippen molar-refractivity contribution in [3.05, 3.63) is 34.9 Å². The van der Waals surface area contributed by atoms with E-state index in [1.165, 1.54) is 0 Å². The van der Waals surface area contributed by atoms with Gasteiger partial charge in [-0.05, 0) is 36.5 Å². The molecule has 22 heavy (non-hydrogen) atoms. The van der Waals surface area contributed by atoms with E-state index >= 15 is 0 Å². The van der Waals surface area contributed by atoms with Crippen LogP contribution in [0.3, 0.4) is 0 Å². The van der Waals surface area contributed by atoms with Crippen LogP contribution >= 0.6 is 11.6 Å². The Kier molecular flexibility index (Phi) is 3.44. The summed E-state index contributed by atoms with van der Waals surface area (Å²) >= 11 is 5.94. The van der Waals surface area contributed by atoms with Crippen molar-refractivity contribution in [2.24, 2.45) is 17.3 Å². The first-order chi connectivity index (χ1) is 10.6. The number of carbonyl (C=O) groups is 1. The summed E-state index contributed by atoms with van der Waals surface area (Å²) in [7, 11) is 0. The summed E-state index contributed by atoms with van der Waals surface area (Å²) in [5.74, 6) is 1.08. The Balaban J connectivity index is 1.48. The van der Waals surface area contributed by atoms with Crippen molar-refractivity contribution >= 4 is 17.5 Å². The highest BCUT2D eigenvalue weighted by Gasteiger charge is 2.52. The van der Waals surface area contributed by atoms with Crippen LogP contribution in [-0.2, 0) is 11.2 Å². The van der Waals surface area contributed by atoms with Gasteiger partial charge < -0.3 is 15.3 Å². The number of aliphatic hydroxyl groups excluding tert-OH is 1. The number of benzene rings is 1. The van der Waals surface area contributed by atoms with Crippen LogP contribution in [0.25, 0.3) is 0 Å². The van der Waals surface area contributed by atoms with E-state index in [9.17, 15) is 9.90 Å². The molecule has 0 bridgehead atoms. The van der Waals surface area contributed by atoms with E-state index in [4.69, 9.17) is 11.6 Å². The van der Waals surface area contributed by atoms with Gasteiger partial charge in [0.15, 0.2) is 0 Å². The van der Waals surface area contributed by atoms with Crippen molar-refractivity contribution in [1.82, 2.24) is 10.2 Å². The fourth-order valence-corrected chi connectivity index (χ4v) is 4.27. The van der Waals surface area contributed by atoms with E-state index in [-0.39, 0.29) is 17.4 Å². The molecule has 0 radical (unpaired) electrons. The van der Waals surface area contributed by atoms with E-state index in [1.54, 1.807) is 0 Å². The van der Waals surface area contributed by atoms with Crippen molar-refractivity contribution < 1.29 is 9.90 Å². The minimum Gasteiger partial charge on any atom is -0.393 e. The van der Waals surface area contributed by atoms with Gasteiger partial charge in [-0.15, -0.1) is 0 Å². The number of hydrogen-bond acceptors (Lipinski definition) is 3. The van der Waals surface area contributed by atoms with Gasteiger partial charge in [0.05, 0.1) is 11.5 Å². The first kappa shape index (κ1) is 14.5. The maximum Gasteiger partial charge on any atom is 0.231 e. The molecule has 1 aromatic rings. The summed E-state index contributed by atoms with van der Waals surface area (Å²) in [5, 5.41) is 13.8. The number of nitrogens with zero attached hydrogens (tertiary/aromatic N) is 1. The summed E-state index contributed by atoms with van der Waals surface area (Å²) in [4.78, 5) is 15.0. The predicted octanol–water partition coefficient (Wildman–Crippen LogP) is 1.31. The minimum atomic E-state index is -0.317. The normalized spacial score (nSPS) is 32.1. The summed E-state index contributed by atoms with van der Waals surface area (Å²) in [5.41, 5.74) is 0.837. The minimum absolute atomic E-state index is 0.200. The molecule has 1 amide bonds. The van der Waals surface area contributed by atoms with Crippen molar-refractivity contribution in [2.75, 3.05) is 26.2 Å². The second kappa shape index (κ2) is 5.22. The number of likely N-dealkylation sites (tertiary alicyclic amines) is 1. The first-order valence-electron chi connectivity index (χ1n) is 8.00. The summed E-state index contributed by atoms with van der Waals surface area (Å²) in [6, 6.07) is 7.78. The number of rotatable bonds is 3. The Morgan fingerprint density at radius 3 is 2.59 bits per heavy atom. The molecular formula is C17H21ClN2O2. The molecule has 2 aliphatic heterocycles. The molecule has 3 atom stereocenters. The highest BCUT2D eigenvalue weighted by Crippen LogP contribution is 2.43. The molecule has 3 fully saturated rings. The standard InChI is InChI=1S/C17H21ClN2O2/c18-13-3-1-11(2-4-13)6-17(9-19-10-17)16(22)20-7-12-5-15(21)14(12)8-20/h1-4,12,14-15,19,21H,5-10H2/t12-,14+,15-/m0/s1. The van der Waals surface area contributed by atoms with Crippen LogP contribution in [-0.4, -0.2) is 48.2 Å². The SMILES string of the molecule is O=C(N1C[C@@H]2C[C@H](O)[C@@H]2C1)C1(Cc2ccc(Cl)cc2)CNC1. The van der Waals surface area contributed by atoms with Crippen LogP contribution in [0.5, 0.6) is 0 Å². The zero-order valence-corrected chi connectivity index (χ0v) is 13.2. The molecule has 0 aromatic heterocycles. The van der Waals surface area contributed by atoms with Crippen LogP contribution in [0.1, 0.15) is 12.0 Å². The molecule has 2 N–H and O–H groups in total. The van der Waals surface area contributed by atoms with Gasteiger partial charge in [-0.3, -0.25) is 4.79 Å². The van der Waals surface area contributed by atoms with Crippen molar-refractivity contribution in [3.8, 4) is 0 Å². The molecule has 2 heterocycles. The summed E-state index contributed by atoms with van der Waals surface area (Å²) in [6.07, 6.45) is 1.41. The van der Waals surface area contributed by atoms with Crippen molar-refractivity contribution in [3.63, 3.8) is 0 Å². The molecule has 4 rings (SSSR count). The summed E-state index contributed by atoms with van der Waals surface area (Å²) in [6.45, 7) is 3.03. The fourth-order valence-electron chi connectivity index (χ4n) is 4.14. The zero-order valence-electron chi connectivity index (χ0n) is 12.5. The fraction of sp³-hybridized carbons (Fsp3) is 0.588. The molecule has 1 saturated carbocycles. The second-order valence-electron chi connectivity index (χ2n) is 7.12. The molecule has 1 aromatic carbocycles. The molecule has 118 valence electrons. The largest absolute Gasteiger partial charge is 0.393 e. The Labute approximate surface area is 135 Å². The maximum absolute atomic E-state index is 13.0. The van der Waals surface area contributed by atoms with Gasteiger partial charge in [-0.1, -0.05) is 23.7 Å². The van der Waals surface area contributed by atoms with Gasteiger partial charge in [-0.25, -0.2) is 0 Å². The molecule has 0 spiro atoms. The third-order valence-electron chi connectivity index (χ3n) is 5.65. The van der Waals surface area contributed by atoms with E-state index in [0.29, 0.717) is 11.8 Å². The Morgan fingerprint density at radius 2 is 2.05 bits per heavy atom. The van der Waals surface area contributed by atoms with Crippen LogP contribution in [0.2, 0.25) is 5.02 Å². The molecule has 1 aliphatic carbocycles. The second-order valence-corrected chi connectivity index (χ2v) is 7.56. The van der Waals surface area contributed by atoms with E-state index < -0.39 is 0 Å². The van der Waals surface area contributed by atoms with Crippen LogP contribution in [0.15, 0.2) is 24.3 Å². The van der Waals surface area contributed by atoms with Crippen LogP contribution in [0.4, 0.5) is 0 Å². The average Bonchev–Trinajstić information content (AvgIpc) is 2.81. The van der Waals surface area contributed by atoms with E-state index in [2.05, 4.69) is 5.32 Å². The van der Waals surface area contributed by atoms with Crippen LogP contribution < -0.4 is 5.32 Å². The van der Waals surface area contributed by atoms with Gasteiger partial charge in [-0.2, -0.15) is 0 Å². The average molecular weight is 321 g/mol. The van der Waals surface area contributed by atoms with Gasteiger partial charge in [0.1, 0.15) is 0 Å². The highest BCUT2D eigenvalue weighted by molar-refractivity contribution is 6.30.